The van der Waals surface area contributed by atoms with Crippen LogP contribution in [0.2, 0.25) is 0 Å². The molecule has 0 unspecified atom stereocenters. The van der Waals surface area contributed by atoms with Gasteiger partial charge in [-0.1, -0.05) is 0 Å². The van der Waals surface area contributed by atoms with Crippen LogP contribution in [0.25, 0.3) is 0 Å². The summed E-state index contributed by atoms with van der Waals surface area (Å²) in [6.07, 6.45) is -4.84. The highest BCUT2D eigenvalue weighted by Crippen LogP contribution is 2.17. The van der Waals surface area contributed by atoms with Crippen LogP contribution in [0.15, 0.2) is 11.5 Å². The first-order chi connectivity index (χ1) is 5.15. The summed E-state index contributed by atoms with van der Waals surface area (Å²) in [7, 11) is -3.73. The molecule has 0 amide bonds. The van der Waals surface area contributed by atoms with Gasteiger partial charge in [0.2, 0.25) is 0 Å². The lowest BCUT2D eigenvalue weighted by molar-refractivity contribution is -0.0797. The largest absolute Gasteiger partial charge is 0.410 e. The molecule has 0 atom stereocenters. The molecule has 0 bridgehead atoms. The summed E-state index contributed by atoms with van der Waals surface area (Å²) in [5.74, 6) is 0. The molecule has 0 radical (unpaired) electrons. The Balaban J connectivity index is 4.58. The van der Waals surface area contributed by atoms with Crippen molar-refractivity contribution in [2.75, 3.05) is 0 Å². The second kappa shape index (κ2) is 3.47. The predicted molar refractivity (Wildman–Crippen MR) is 39.3 cm³/mol. The van der Waals surface area contributed by atoms with Gasteiger partial charge >= 0.3 is 6.18 Å². The average Bonchev–Trinajstić information content (AvgIpc) is 1.82. The van der Waals surface area contributed by atoms with Crippen LogP contribution in [0.3, 0.4) is 0 Å². The zero-order valence-electron chi connectivity index (χ0n) is 6.59. The molecule has 0 aromatic carbocycles. The minimum absolute atomic E-state index is 0.192. The molecular formula is C6H9F3O2S. The third-order valence-electron chi connectivity index (χ3n) is 1.10. The van der Waals surface area contributed by atoms with Crippen LogP contribution >= 0.6 is 0 Å². The van der Waals surface area contributed by atoms with Crippen molar-refractivity contribution >= 4 is 9.84 Å². The quantitative estimate of drug-likeness (QED) is 0.685. The maximum atomic E-state index is 11.5. The number of hydrogen-bond donors (Lipinski definition) is 0. The van der Waals surface area contributed by atoms with Gasteiger partial charge in [-0.05, 0) is 13.8 Å². The normalized spacial score (nSPS) is 14.5. The molecule has 0 saturated carbocycles. The second-order valence-electron chi connectivity index (χ2n) is 2.48. The van der Waals surface area contributed by atoms with Gasteiger partial charge in [-0.3, -0.25) is 0 Å². The lowest BCUT2D eigenvalue weighted by Gasteiger charge is -2.02. The van der Waals surface area contributed by atoms with Crippen molar-refractivity contribution in [3.05, 3.63) is 11.5 Å². The van der Waals surface area contributed by atoms with Crippen molar-refractivity contribution in [3.63, 3.8) is 0 Å². The molecule has 72 valence electrons. The number of hydrogen-bond acceptors (Lipinski definition) is 2. The number of sulfone groups is 1. The van der Waals surface area contributed by atoms with Crippen LogP contribution in [-0.4, -0.2) is 19.8 Å². The molecule has 6 heteroatoms. The predicted octanol–water partition coefficient (Wildman–Crippen LogP) is 1.89. The van der Waals surface area contributed by atoms with E-state index in [1.165, 1.54) is 13.8 Å². The summed E-state index contributed by atoms with van der Waals surface area (Å²) in [5.41, 5.74) is 0. The van der Waals surface area contributed by atoms with E-state index < -0.39 is 21.3 Å². The van der Waals surface area contributed by atoms with Gasteiger partial charge in [-0.25, -0.2) is 8.42 Å². The fourth-order valence-electron chi connectivity index (χ4n) is 0.329. The zero-order chi connectivity index (χ0) is 9.99. The van der Waals surface area contributed by atoms with E-state index in [1.54, 1.807) is 0 Å². The van der Waals surface area contributed by atoms with Crippen LogP contribution in [0, 0.1) is 0 Å². The minimum Gasteiger partial charge on any atom is -0.224 e. The molecule has 0 aliphatic carbocycles. The van der Waals surface area contributed by atoms with Crippen molar-refractivity contribution in [1.82, 2.24) is 0 Å². The molecule has 0 spiro atoms. The first-order valence-electron chi connectivity index (χ1n) is 3.15. The molecule has 12 heavy (non-hydrogen) atoms. The lowest BCUT2D eigenvalue weighted by atomic mass is 10.6. The van der Waals surface area contributed by atoms with Gasteiger partial charge in [0.05, 0.1) is 5.25 Å². The Morgan fingerprint density at radius 2 is 1.67 bits per heavy atom. The summed E-state index contributed by atoms with van der Waals surface area (Å²) >= 11 is 0. The molecule has 2 nitrogen and oxygen atoms in total. The maximum absolute atomic E-state index is 11.5. The molecule has 0 N–H and O–H groups in total. The van der Waals surface area contributed by atoms with Gasteiger partial charge in [-0.2, -0.15) is 13.2 Å². The SMILES string of the molecule is CC(C)S(=O)(=O)/C=C/C(F)(F)F. The van der Waals surface area contributed by atoms with Crippen molar-refractivity contribution in [2.45, 2.75) is 25.3 Å². The van der Waals surface area contributed by atoms with Gasteiger partial charge < -0.3 is 0 Å². The molecule has 0 fully saturated rings. The first-order valence-corrected chi connectivity index (χ1v) is 4.76. The molecule has 0 rings (SSSR count). The summed E-state index contributed by atoms with van der Waals surface area (Å²) in [6.45, 7) is 2.63. The van der Waals surface area contributed by atoms with Crippen LogP contribution in [-0.2, 0) is 9.84 Å². The van der Waals surface area contributed by atoms with Crippen LogP contribution < -0.4 is 0 Å². The van der Waals surface area contributed by atoms with Crippen LogP contribution in [0.4, 0.5) is 13.2 Å². The summed E-state index contributed by atoms with van der Waals surface area (Å²) < 4.78 is 56.1. The maximum Gasteiger partial charge on any atom is 0.410 e. The topological polar surface area (TPSA) is 34.1 Å². The molecular weight excluding hydrogens is 193 g/mol. The Morgan fingerprint density at radius 3 is 1.92 bits per heavy atom. The van der Waals surface area contributed by atoms with Crippen molar-refractivity contribution in [1.29, 1.82) is 0 Å². The van der Waals surface area contributed by atoms with E-state index in [4.69, 9.17) is 0 Å². The molecule has 0 saturated heterocycles. The number of rotatable bonds is 2. The van der Waals surface area contributed by atoms with Crippen molar-refractivity contribution in [2.24, 2.45) is 0 Å². The lowest BCUT2D eigenvalue weighted by Crippen LogP contribution is -2.12. The van der Waals surface area contributed by atoms with Gasteiger partial charge in [0, 0.05) is 11.5 Å². The number of halogens is 3. The van der Waals surface area contributed by atoms with Crippen LogP contribution in [0.5, 0.6) is 0 Å². The third kappa shape index (κ3) is 4.38. The average molecular weight is 202 g/mol. The number of allylic oxidation sites excluding steroid dienone is 1. The monoisotopic (exact) mass is 202 g/mol. The van der Waals surface area contributed by atoms with E-state index in [1.807, 2.05) is 0 Å². The van der Waals surface area contributed by atoms with E-state index >= 15 is 0 Å². The Kier molecular flexibility index (Phi) is 3.32. The Morgan fingerprint density at radius 1 is 1.25 bits per heavy atom. The molecule has 0 aliphatic heterocycles. The second-order valence-corrected chi connectivity index (χ2v) is 4.88. The van der Waals surface area contributed by atoms with Gasteiger partial charge in [-0.15, -0.1) is 0 Å². The Bertz CT molecular complexity index is 261. The standard InChI is InChI=1S/C6H9F3O2S/c1-5(2)12(10,11)4-3-6(7,8)9/h3-5H,1-2H3/b4-3+. The Hall–Kier alpha value is -0.520. The molecule has 0 heterocycles. The van der Waals surface area contributed by atoms with Crippen LogP contribution in [0.1, 0.15) is 13.8 Å². The fourth-order valence-corrected chi connectivity index (χ4v) is 0.987. The highest BCUT2D eigenvalue weighted by Gasteiger charge is 2.24. The Labute approximate surface area is 69.0 Å². The fraction of sp³-hybridized carbons (Fsp3) is 0.667. The van der Waals surface area contributed by atoms with E-state index in [0.717, 1.165) is 0 Å². The highest BCUT2D eigenvalue weighted by molar-refractivity contribution is 7.94. The van der Waals surface area contributed by atoms with Gasteiger partial charge in [0.25, 0.3) is 0 Å². The van der Waals surface area contributed by atoms with Gasteiger partial charge in [0.1, 0.15) is 0 Å². The van der Waals surface area contributed by atoms with Gasteiger partial charge in [0.15, 0.2) is 9.84 Å². The summed E-state index contributed by atoms with van der Waals surface area (Å²) in [5, 5.41) is -0.631. The highest BCUT2D eigenvalue weighted by atomic mass is 32.2. The van der Waals surface area contributed by atoms with E-state index in [2.05, 4.69) is 0 Å². The van der Waals surface area contributed by atoms with E-state index in [0.29, 0.717) is 0 Å². The minimum atomic E-state index is -4.57. The number of alkyl halides is 3. The smallest absolute Gasteiger partial charge is 0.224 e. The van der Waals surface area contributed by atoms with E-state index in [9.17, 15) is 21.6 Å². The summed E-state index contributed by atoms with van der Waals surface area (Å²) in [6, 6.07) is 0. The zero-order valence-corrected chi connectivity index (χ0v) is 7.41. The molecule has 0 aromatic rings. The van der Waals surface area contributed by atoms with Crippen molar-refractivity contribution in [3.8, 4) is 0 Å². The summed E-state index contributed by atoms with van der Waals surface area (Å²) in [4.78, 5) is 0. The third-order valence-corrected chi connectivity index (χ3v) is 2.93. The molecule has 0 aromatic heterocycles. The van der Waals surface area contributed by atoms with Crippen molar-refractivity contribution < 1.29 is 21.6 Å². The molecule has 0 aliphatic rings. The first kappa shape index (κ1) is 11.5. The van der Waals surface area contributed by atoms with E-state index in [-0.39, 0.29) is 11.5 Å².